The first kappa shape index (κ1) is 14.2. The molecule has 100 valence electrons. The molecule has 0 aromatic rings. The molecule has 2 atom stereocenters. The summed E-state index contributed by atoms with van der Waals surface area (Å²) in [7, 11) is 0. The number of rotatable bonds is 4. The van der Waals surface area contributed by atoms with E-state index in [1.165, 1.54) is 0 Å². The Morgan fingerprint density at radius 1 is 1.47 bits per heavy atom. The van der Waals surface area contributed by atoms with Gasteiger partial charge in [-0.2, -0.15) is 13.2 Å². The molecule has 1 aliphatic heterocycles. The van der Waals surface area contributed by atoms with E-state index in [9.17, 15) is 18.0 Å². The summed E-state index contributed by atoms with van der Waals surface area (Å²) in [5.74, 6) is -0.219. The van der Waals surface area contributed by atoms with Crippen LogP contribution in [0.25, 0.3) is 0 Å². The fourth-order valence-corrected chi connectivity index (χ4v) is 1.67. The quantitative estimate of drug-likeness (QED) is 0.775. The molecule has 1 rings (SSSR count). The number of halogens is 3. The van der Waals surface area contributed by atoms with Crippen LogP contribution in [-0.2, 0) is 9.53 Å². The minimum absolute atomic E-state index is 0.0102. The minimum Gasteiger partial charge on any atom is -0.381 e. The number of hydrogen-bond acceptors (Lipinski definition) is 3. The van der Waals surface area contributed by atoms with Crippen molar-refractivity contribution in [1.29, 1.82) is 0 Å². The van der Waals surface area contributed by atoms with Gasteiger partial charge in [0.1, 0.15) is 0 Å². The monoisotopic (exact) mass is 254 g/mol. The lowest BCUT2D eigenvalue weighted by Gasteiger charge is -2.29. The Labute approximate surface area is 97.9 Å². The van der Waals surface area contributed by atoms with Crippen LogP contribution in [0.3, 0.4) is 0 Å². The van der Waals surface area contributed by atoms with E-state index in [1.54, 1.807) is 0 Å². The zero-order valence-electron chi connectivity index (χ0n) is 9.64. The second-order valence-electron chi connectivity index (χ2n) is 4.23. The van der Waals surface area contributed by atoms with Gasteiger partial charge < -0.3 is 15.4 Å². The molecule has 17 heavy (non-hydrogen) atoms. The molecule has 1 aliphatic rings. The van der Waals surface area contributed by atoms with E-state index in [1.807, 2.05) is 6.92 Å². The Morgan fingerprint density at radius 2 is 2.18 bits per heavy atom. The third-order valence-corrected chi connectivity index (χ3v) is 2.60. The highest BCUT2D eigenvalue weighted by atomic mass is 19.4. The summed E-state index contributed by atoms with van der Waals surface area (Å²) >= 11 is 0. The number of amides is 1. The van der Waals surface area contributed by atoms with Crippen molar-refractivity contribution in [3.05, 3.63) is 0 Å². The molecule has 0 bridgehead atoms. The Balaban J connectivity index is 2.20. The highest BCUT2D eigenvalue weighted by Gasteiger charge is 2.27. The molecule has 2 N–H and O–H groups in total. The van der Waals surface area contributed by atoms with Crippen molar-refractivity contribution in [2.45, 2.75) is 25.6 Å². The first-order valence-corrected chi connectivity index (χ1v) is 5.53. The first-order chi connectivity index (χ1) is 7.88. The molecule has 1 fully saturated rings. The zero-order valence-corrected chi connectivity index (χ0v) is 9.64. The fraction of sp³-hybridized carbons (Fsp3) is 0.900. The number of nitrogens with one attached hydrogen (secondary N) is 2. The largest absolute Gasteiger partial charge is 0.401 e. The topological polar surface area (TPSA) is 50.4 Å². The van der Waals surface area contributed by atoms with Gasteiger partial charge in [-0.15, -0.1) is 0 Å². The van der Waals surface area contributed by atoms with Crippen LogP contribution in [0.1, 0.15) is 13.3 Å². The molecule has 0 saturated carbocycles. The molecule has 0 radical (unpaired) electrons. The second kappa shape index (κ2) is 6.20. The van der Waals surface area contributed by atoms with Crippen LogP contribution in [0.5, 0.6) is 0 Å². The van der Waals surface area contributed by atoms with E-state index < -0.39 is 18.6 Å². The van der Waals surface area contributed by atoms with Gasteiger partial charge in [-0.05, 0) is 12.3 Å². The number of carbonyl (C=O) groups excluding carboxylic acids is 1. The summed E-state index contributed by atoms with van der Waals surface area (Å²) in [4.78, 5) is 11.4. The molecular formula is C10H17F3N2O2. The van der Waals surface area contributed by atoms with Crippen molar-refractivity contribution in [3.8, 4) is 0 Å². The molecule has 1 heterocycles. The van der Waals surface area contributed by atoms with Crippen molar-refractivity contribution < 1.29 is 22.7 Å². The number of carbonyl (C=O) groups is 1. The lowest BCUT2D eigenvalue weighted by Crippen LogP contribution is -2.47. The Bertz CT molecular complexity index is 258. The molecule has 7 heteroatoms. The van der Waals surface area contributed by atoms with Gasteiger partial charge in [0.2, 0.25) is 5.91 Å². The van der Waals surface area contributed by atoms with E-state index in [-0.39, 0.29) is 18.5 Å². The van der Waals surface area contributed by atoms with Gasteiger partial charge in [0.25, 0.3) is 0 Å². The zero-order chi connectivity index (χ0) is 12.9. The first-order valence-electron chi connectivity index (χ1n) is 5.53. The minimum atomic E-state index is -4.29. The number of hydrogen-bond donors (Lipinski definition) is 2. The Hall–Kier alpha value is -0.820. The van der Waals surface area contributed by atoms with Crippen molar-refractivity contribution >= 4 is 5.91 Å². The van der Waals surface area contributed by atoms with Crippen molar-refractivity contribution in [1.82, 2.24) is 10.6 Å². The second-order valence-corrected chi connectivity index (χ2v) is 4.23. The van der Waals surface area contributed by atoms with Gasteiger partial charge in [0.05, 0.1) is 19.7 Å². The van der Waals surface area contributed by atoms with Gasteiger partial charge in [-0.1, -0.05) is 6.92 Å². The summed E-state index contributed by atoms with van der Waals surface area (Å²) in [6.07, 6.45) is -3.58. The van der Waals surface area contributed by atoms with E-state index in [0.29, 0.717) is 19.6 Å². The molecule has 1 saturated heterocycles. The van der Waals surface area contributed by atoms with E-state index in [0.717, 1.165) is 0 Å². The molecule has 4 nitrogen and oxygen atoms in total. The van der Waals surface area contributed by atoms with Crippen LogP contribution < -0.4 is 10.6 Å². The molecule has 0 aromatic carbocycles. The van der Waals surface area contributed by atoms with Crippen LogP contribution in [0.2, 0.25) is 0 Å². The number of alkyl halides is 3. The smallest absolute Gasteiger partial charge is 0.381 e. The molecular weight excluding hydrogens is 237 g/mol. The van der Waals surface area contributed by atoms with Gasteiger partial charge in [0.15, 0.2) is 0 Å². The van der Waals surface area contributed by atoms with Gasteiger partial charge in [-0.25, -0.2) is 0 Å². The standard InChI is InChI=1S/C10H17F3N2O2/c1-7-5-17-3-2-8(7)15-9(16)4-14-6-10(11,12)13/h7-8,14H,2-6H2,1H3,(H,15,16). The molecule has 0 spiro atoms. The van der Waals surface area contributed by atoms with Crippen molar-refractivity contribution in [2.24, 2.45) is 5.92 Å². The fourth-order valence-electron chi connectivity index (χ4n) is 1.67. The normalized spacial score (nSPS) is 25.6. The highest BCUT2D eigenvalue weighted by molar-refractivity contribution is 5.78. The van der Waals surface area contributed by atoms with Crippen molar-refractivity contribution in [2.75, 3.05) is 26.3 Å². The summed E-state index contributed by atoms with van der Waals surface area (Å²) in [5.41, 5.74) is 0. The summed E-state index contributed by atoms with van der Waals surface area (Å²) in [6, 6.07) is -0.0102. The van der Waals surface area contributed by atoms with Crippen molar-refractivity contribution in [3.63, 3.8) is 0 Å². The summed E-state index contributed by atoms with van der Waals surface area (Å²) in [6.45, 7) is 1.62. The lowest BCUT2D eigenvalue weighted by atomic mass is 9.98. The van der Waals surface area contributed by atoms with Gasteiger partial charge >= 0.3 is 6.18 Å². The average molecular weight is 254 g/mol. The predicted molar refractivity (Wildman–Crippen MR) is 55.5 cm³/mol. The third kappa shape index (κ3) is 5.88. The molecule has 0 aliphatic carbocycles. The maximum Gasteiger partial charge on any atom is 0.401 e. The lowest BCUT2D eigenvalue weighted by molar-refractivity contribution is -0.129. The van der Waals surface area contributed by atoms with Gasteiger partial charge in [0, 0.05) is 12.6 Å². The number of ether oxygens (including phenoxy) is 1. The van der Waals surface area contributed by atoms with E-state index in [4.69, 9.17) is 4.74 Å². The van der Waals surface area contributed by atoms with Crippen LogP contribution in [-0.4, -0.2) is 44.4 Å². The predicted octanol–water partition coefficient (Wildman–Crippen LogP) is 0.679. The van der Waals surface area contributed by atoms with Crippen LogP contribution in [0.15, 0.2) is 0 Å². The Kier molecular flexibility index (Phi) is 5.20. The maximum atomic E-state index is 11.8. The third-order valence-electron chi connectivity index (χ3n) is 2.60. The molecule has 0 aromatic heterocycles. The van der Waals surface area contributed by atoms with E-state index >= 15 is 0 Å². The molecule has 2 unspecified atom stereocenters. The highest BCUT2D eigenvalue weighted by Crippen LogP contribution is 2.14. The average Bonchev–Trinajstić information content (AvgIpc) is 2.19. The Morgan fingerprint density at radius 3 is 2.76 bits per heavy atom. The summed E-state index contributed by atoms with van der Waals surface area (Å²) < 4.78 is 40.7. The van der Waals surface area contributed by atoms with E-state index in [2.05, 4.69) is 10.6 Å². The SMILES string of the molecule is CC1COCCC1NC(=O)CNCC(F)(F)F. The van der Waals surface area contributed by atoms with Crippen LogP contribution in [0, 0.1) is 5.92 Å². The van der Waals surface area contributed by atoms with Gasteiger partial charge in [-0.3, -0.25) is 4.79 Å². The summed E-state index contributed by atoms with van der Waals surface area (Å²) in [5, 5.41) is 4.77. The molecule has 1 amide bonds. The maximum absolute atomic E-state index is 11.8. The van der Waals surface area contributed by atoms with Crippen LogP contribution >= 0.6 is 0 Å². The van der Waals surface area contributed by atoms with Crippen LogP contribution in [0.4, 0.5) is 13.2 Å².